The average Bonchev–Trinajstić information content (AvgIpc) is 3.34. The van der Waals surface area contributed by atoms with Crippen molar-refractivity contribution in [2.45, 2.75) is 116 Å². The SMILES string of the molecule is CC(=O)N[C@@H](CCCNC(=O)OCc1ccccc1)C(=O)N[C@H](C(=O)N[C@@H](CC1CCCCC1)[C@@H]1C[C@@H](C)C(=O)O1)C(C)C. The molecule has 1 aromatic rings. The predicted molar refractivity (Wildman–Crippen MR) is 165 cm³/mol. The summed E-state index contributed by atoms with van der Waals surface area (Å²) in [6.07, 6.45) is 6.66. The van der Waals surface area contributed by atoms with Crippen LogP contribution < -0.4 is 21.3 Å². The van der Waals surface area contributed by atoms with Crippen LogP contribution in [0.4, 0.5) is 4.79 Å². The lowest BCUT2D eigenvalue weighted by molar-refractivity contribution is -0.146. The second kappa shape index (κ2) is 17.6. The van der Waals surface area contributed by atoms with E-state index in [0.717, 1.165) is 37.7 Å². The third kappa shape index (κ3) is 11.5. The zero-order valence-electron chi connectivity index (χ0n) is 26.6. The summed E-state index contributed by atoms with van der Waals surface area (Å²) in [5, 5.41) is 11.3. The van der Waals surface area contributed by atoms with E-state index in [1.54, 1.807) is 0 Å². The first-order valence-corrected chi connectivity index (χ1v) is 16.1. The molecule has 44 heavy (non-hydrogen) atoms. The number of carbonyl (C=O) groups is 5. The van der Waals surface area contributed by atoms with Crippen molar-refractivity contribution in [2.24, 2.45) is 17.8 Å². The maximum atomic E-state index is 13.6. The molecule has 1 saturated carbocycles. The summed E-state index contributed by atoms with van der Waals surface area (Å²) in [4.78, 5) is 63.1. The highest BCUT2D eigenvalue weighted by atomic mass is 16.6. The fourth-order valence-corrected chi connectivity index (χ4v) is 5.94. The second-order valence-electron chi connectivity index (χ2n) is 12.6. The second-order valence-corrected chi connectivity index (χ2v) is 12.6. The number of nitrogens with one attached hydrogen (secondary N) is 4. The van der Waals surface area contributed by atoms with Crippen molar-refractivity contribution in [3.05, 3.63) is 35.9 Å². The number of hydrogen-bond acceptors (Lipinski definition) is 7. The van der Waals surface area contributed by atoms with Gasteiger partial charge in [-0.2, -0.15) is 0 Å². The Hall–Kier alpha value is -3.63. The molecule has 2 fully saturated rings. The highest BCUT2D eigenvalue weighted by Crippen LogP contribution is 2.32. The topological polar surface area (TPSA) is 152 Å². The van der Waals surface area contributed by atoms with Crippen LogP contribution in [0.2, 0.25) is 0 Å². The van der Waals surface area contributed by atoms with Crippen LogP contribution in [-0.2, 0) is 35.3 Å². The van der Waals surface area contributed by atoms with Crippen molar-refractivity contribution >= 4 is 29.8 Å². The minimum atomic E-state index is -0.890. The number of alkyl carbamates (subject to hydrolysis) is 1. The van der Waals surface area contributed by atoms with Crippen LogP contribution in [0.5, 0.6) is 0 Å². The molecule has 244 valence electrons. The maximum absolute atomic E-state index is 13.6. The molecule has 0 aromatic heterocycles. The summed E-state index contributed by atoms with van der Waals surface area (Å²) in [6, 6.07) is 7.23. The van der Waals surface area contributed by atoms with E-state index in [1.807, 2.05) is 51.1 Å². The average molecular weight is 615 g/mol. The van der Waals surface area contributed by atoms with Crippen molar-refractivity contribution in [3.8, 4) is 0 Å². The van der Waals surface area contributed by atoms with E-state index in [9.17, 15) is 24.0 Å². The van der Waals surface area contributed by atoms with Gasteiger partial charge in [-0.1, -0.05) is 83.2 Å². The van der Waals surface area contributed by atoms with E-state index >= 15 is 0 Å². The van der Waals surface area contributed by atoms with E-state index in [0.29, 0.717) is 18.8 Å². The number of esters is 1. The molecule has 11 heteroatoms. The van der Waals surface area contributed by atoms with Gasteiger partial charge >= 0.3 is 12.1 Å². The zero-order chi connectivity index (χ0) is 32.1. The molecule has 4 N–H and O–H groups in total. The van der Waals surface area contributed by atoms with Gasteiger partial charge in [0.05, 0.1) is 12.0 Å². The Labute approximate surface area is 261 Å². The third-order valence-corrected chi connectivity index (χ3v) is 8.44. The molecule has 1 aliphatic carbocycles. The van der Waals surface area contributed by atoms with Crippen LogP contribution in [-0.4, -0.2) is 60.6 Å². The molecular formula is C33H50N4O7. The normalized spacial score (nSPS) is 20.6. The lowest BCUT2D eigenvalue weighted by Crippen LogP contribution is -2.58. The van der Waals surface area contributed by atoms with Crippen molar-refractivity contribution in [2.75, 3.05) is 6.54 Å². The summed E-state index contributed by atoms with van der Waals surface area (Å²) in [5.74, 6) is -1.45. The van der Waals surface area contributed by atoms with Crippen molar-refractivity contribution in [1.29, 1.82) is 0 Å². The van der Waals surface area contributed by atoms with E-state index < -0.39 is 30.2 Å². The first-order chi connectivity index (χ1) is 21.0. The van der Waals surface area contributed by atoms with Crippen LogP contribution in [0.1, 0.15) is 91.0 Å². The highest BCUT2D eigenvalue weighted by Gasteiger charge is 2.39. The molecule has 0 unspecified atom stereocenters. The molecule has 0 radical (unpaired) electrons. The lowest BCUT2D eigenvalue weighted by atomic mass is 9.83. The Kier molecular flexibility index (Phi) is 14.0. The Balaban J connectivity index is 1.55. The maximum Gasteiger partial charge on any atom is 0.407 e. The number of rotatable bonds is 15. The lowest BCUT2D eigenvalue weighted by Gasteiger charge is -2.32. The number of hydrogen-bond donors (Lipinski definition) is 4. The van der Waals surface area contributed by atoms with Crippen molar-refractivity contribution < 1.29 is 33.4 Å². The van der Waals surface area contributed by atoms with Gasteiger partial charge in [-0.25, -0.2) is 4.79 Å². The van der Waals surface area contributed by atoms with Gasteiger partial charge in [-0.3, -0.25) is 19.2 Å². The third-order valence-electron chi connectivity index (χ3n) is 8.44. The van der Waals surface area contributed by atoms with Gasteiger partial charge in [0.1, 0.15) is 24.8 Å². The molecule has 1 aliphatic heterocycles. The van der Waals surface area contributed by atoms with Crippen molar-refractivity contribution in [3.63, 3.8) is 0 Å². The largest absolute Gasteiger partial charge is 0.460 e. The van der Waals surface area contributed by atoms with Crippen molar-refractivity contribution in [1.82, 2.24) is 21.3 Å². The van der Waals surface area contributed by atoms with E-state index in [1.165, 1.54) is 13.3 Å². The zero-order valence-corrected chi connectivity index (χ0v) is 26.6. The molecule has 5 atom stereocenters. The Morgan fingerprint density at radius 1 is 0.977 bits per heavy atom. The fourth-order valence-electron chi connectivity index (χ4n) is 5.94. The number of amides is 4. The Morgan fingerprint density at radius 3 is 2.30 bits per heavy atom. The standard InChI is InChI=1S/C33H50N4O7/c1-21(2)29(31(40)36-27(19-24-12-7-5-8-13-24)28-18-22(3)32(41)44-28)37-30(39)26(35-23(4)38)16-11-17-34-33(42)43-20-25-14-9-6-10-15-25/h6,9-10,14-15,21-22,24,26-29H,5,7-8,11-13,16-20H2,1-4H3,(H,34,42)(H,35,38)(H,36,40)(H,37,39)/t22-,26+,27+,28+,29+/m1/s1. The number of ether oxygens (including phenoxy) is 2. The molecule has 1 heterocycles. The van der Waals surface area contributed by atoms with Gasteiger partial charge in [-0.05, 0) is 43.1 Å². The van der Waals surface area contributed by atoms with Gasteiger partial charge in [0.15, 0.2) is 0 Å². The molecule has 4 amide bonds. The molecule has 0 bridgehead atoms. The van der Waals surface area contributed by atoms with Crippen LogP contribution in [0.25, 0.3) is 0 Å². The molecule has 3 rings (SSSR count). The molecule has 1 saturated heterocycles. The number of carbonyl (C=O) groups excluding carboxylic acids is 5. The first-order valence-electron chi connectivity index (χ1n) is 16.1. The molecule has 1 aromatic carbocycles. The van der Waals surface area contributed by atoms with Gasteiger partial charge in [0.2, 0.25) is 17.7 Å². The van der Waals surface area contributed by atoms with Crippen LogP contribution in [0.3, 0.4) is 0 Å². The van der Waals surface area contributed by atoms with Crippen LogP contribution in [0, 0.1) is 17.8 Å². The van der Waals surface area contributed by atoms with Gasteiger partial charge in [-0.15, -0.1) is 0 Å². The Bertz CT molecular complexity index is 1110. The van der Waals surface area contributed by atoms with E-state index in [-0.39, 0.29) is 55.2 Å². The van der Waals surface area contributed by atoms with Gasteiger partial charge in [0, 0.05) is 13.5 Å². The highest BCUT2D eigenvalue weighted by molar-refractivity contribution is 5.92. The fraction of sp³-hybridized carbons (Fsp3) is 0.667. The summed E-state index contributed by atoms with van der Waals surface area (Å²) in [6.45, 7) is 7.24. The molecular weight excluding hydrogens is 564 g/mol. The van der Waals surface area contributed by atoms with Gasteiger partial charge < -0.3 is 30.7 Å². The van der Waals surface area contributed by atoms with Crippen LogP contribution in [0.15, 0.2) is 30.3 Å². The summed E-state index contributed by atoms with van der Waals surface area (Å²) in [7, 11) is 0. The molecule has 2 aliphatic rings. The van der Waals surface area contributed by atoms with Gasteiger partial charge in [0.25, 0.3) is 0 Å². The first kappa shape index (κ1) is 34.9. The summed E-state index contributed by atoms with van der Waals surface area (Å²) >= 11 is 0. The van der Waals surface area contributed by atoms with Crippen LogP contribution >= 0.6 is 0 Å². The minimum absolute atomic E-state index is 0.145. The van der Waals surface area contributed by atoms with E-state index in [2.05, 4.69) is 21.3 Å². The quantitative estimate of drug-likeness (QED) is 0.174. The summed E-state index contributed by atoms with van der Waals surface area (Å²) < 4.78 is 10.9. The monoisotopic (exact) mass is 614 g/mol. The smallest absolute Gasteiger partial charge is 0.407 e. The molecule has 11 nitrogen and oxygen atoms in total. The van der Waals surface area contributed by atoms with E-state index in [4.69, 9.17) is 9.47 Å². The minimum Gasteiger partial charge on any atom is -0.460 e. The predicted octanol–water partition coefficient (Wildman–Crippen LogP) is 3.75. The number of benzene rings is 1. The summed E-state index contributed by atoms with van der Waals surface area (Å²) in [5.41, 5.74) is 0.868. The molecule has 0 spiro atoms. The number of cyclic esters (lactones) is 1. The Morgan fingerprint density at radius 2 is 1.68 bits per heavy atom.